The van der Waals surface area contributed by atoms with Gasteiger partial charge in [0, 0.05) is 11.5 Å². The first-order valence-electron chi connectivity index (χ1n) is 8.52. The van der Waals surface area contributed by atoms with Crippen LogP contribution in [0.4, 0.5) is 0 Å². The average molecular weight is 334 g/mol. The Kier molecular flexibility index (Phi) is 6.87. The van der Waals surface area contributed by atoms with E-state index in [0.717, 1.165) is 30.4 Å². The topological polar surface area (TPSA) is 66.0 Å². The van der Waals surface area contributed by atoms with Gasteiger partial charge in [-0.1, -0.05) is 57.0 Å². The van der Waals surface area contributed by atoms with E-state index in [-0.39, 0.29) is 5.92 Å². The normalized spacial score (nSPS) is 12.5. The van der Waals surface area contributed by atoms with Crippen LogP contribution >= 0.6 is 0 Å². The minimum atomic E-state index is 0.104. The smallest absolute Gasteiger partial charge is 0.292 e. The van der Waals surface area contributed by atoms with Gasteiger partial charge in [-0.3, -0.25) is 0 Å². The lowest BCUT2D eigenvalue weighted by Crippen LogP contribution is -2.13. The fraction of sp³-hybridized carbons (Fsp3) is 0.333. The minimum absolute atomic E-state index is 0.104. The van der Waals surface area contributed by atoms with Gasteiger partial charge in [-0.05, 0) is 36.1 Å². The molecule has 0 fully saturated rings. The summed E-state index contributed by atoms with van der Waals surface area (Å²) in [6.45, 7) is 4.41. The second kappa shape index (κ2) is 9.35. The molecular formula is C21H22N2O2. The van der Waals surface area contributed by atoms with Crippen LogP contribution < -0.4 is 9.47 Å². The maximum absolute atomic E-state index is 8.95. The third kappa shape index (κ3) is 4.75. The molecule has 0 saturated heterocycles. The quantitative estimate of drug-likeness (QED) is 0.609. The van der Waals surface area contributed by atoms with Crippen molar-refractivity contribution < 1.29 is 9.47 Å². The molecule has 0 aliphatic rings. The van der Waals surface area contributed by atoms with E-state index in [0.29, 0.717) is 17.4 Å². The fourth-order valence-electron chi connectivity index (χ4n) is 3.18. The van der Waals surface area contributed by atoms with E-state index in [1.165, 1.54) is 0 Å². The summed E-state index contributed by atoms with van der Waals surface area (Å²) < 4.78 is 10.1. The van der Waals surface area contributed by atoms with Crippen molar-refractivity contribution in [2.75, 3.05) is 0 Å². The van der Waals surface area contributed by atoms with Crippen LogP contribution in [-0.4, -0.2) is 0 Å². The van der Waals surface area contributed by atoms with E-state index in [9.17, 15) is 0 Å². The highest BCUT2D eigenvalue weighted by Gasteiger charge is 2.24. The zero-order valence-electron chi connectivity index (χ0n) is 14.6. The van der Waals surface area contributed by atoms with Crippen LogP contribution in [0.1, 0.15) is 50.2 Å². The SMILES string of the molecule is CCCCC(C)C(c1ccc(OC#N)cc1)c1ccccc1OC#N. The van der Waals surface area contributed by atoms with Crippen molar-refractivity contribution in [3.05, 3.63) is 59.7 Å². The third-order valence-electron chi connectivity index (χ3n) is 4.39. The Balaban J connectivity index is 2.43. The zero-order chi connectivity index (χ0) is 18.1. The van der Waals surface area contributed by atoms with Crippen molar-refractivity contribution in [3.63, 3.8) is 0 Å². The monoisotopic (exact) mass is 334 g/mol. The molecule has 2 unspecified atom stereocenters. The van der Waals surface area contributed by atoms with Gasteiger partial charge < -0.3 is 9.47 Å². The van der Waals surface area contributed by atoms with E-state index in [4.69, 9.17) is 20.0 Å². The Morgan fingerprint density at radius 1 is 0.960 bits per heavy atom. The van der Waals surface area contributed by atoms with Crippen molar-refractivity contribution in [3.8, 4) is 24.0 Å². The van der Waals surface area contributed by atoms with E-state index in [1.807, 2.05) is 36.4 Å². The fourth-order valence-corrected chi connectivity index (χ4v) is 3.18. The number of hydrogen-bond acceptors (Lipinski definition) is 4. The lowest BCUT2D eigenvalue weighted by Gasteiger charge is -2.26. The number of benzene rings is 2. The molecule has 0 N–H and O–H groups in total. The van der Waals surface area contributed by atoms with Crippen LogP contribution in [0.3, 0.4) is 0 Å². The number of unbranched alkanes of at least 4 members (excludes halogenated alkanes) is 1. The molecule has 0 aliphatic carbocycles. The van der Waals surface area contributed by atoms with E-state index >= 15 is 0 Å². The highest BCUT2D eigenvalue weighted by atomic mass is 16.5. The molecule has 128 valence electrons. The van der Waals surface area contributed by atoms with E-state index in [1.54, 1.807) is 24.6 Å². The van der Waals surface area contributed by atoms with Gasteiger partial charge in [-0.25, -0.2) is 0 Å². The van der Waals surface area contributed by atoms with Gasteiger partial charge in [0.15, 0.2) is 0 Å². The first kappa shape index (κ1) is 18.4. The first-order valence-corrected chi connectivity index (χ1v) is 8.52. The van der Waals surface area contributed by atoms with Gasteiger partial charge in [0.05, 0.1) is 0 Å². The molecule has 25 heavy (non-hydrogen) atoms. The largest absolute Gasteiger partial charge is 0.388 e. The number of rotatable bonds is 8. The molecule has 2 rings (SSSR count). The second-order valence-corrected chi connectivity index (χ2v) is 6.09. The van der Waals surface area contributed by atoms with Crippen LogP contribution in [0.5, 0.6) is 11.5 Å². The Labute approximate surface area is 149 Å². The molecule has 0 bridgehead atoms. The molecule has 0 aliphatic heterocycles. The lowest BCUT2D eigenvalue weighted by atomic mass is 9.79. The standard InChI is InChI=1S/C21H22N2O2/c1-3-4-7-16(2)21(17-10-12-18(13-11-17)24-14-22)19-8-5-6-9-20(19)25-15-23/h5-6,8-13,16,21H,3-4,7H2,1-2H3. The summed E-state index contributed by atoms with van der Waals surface area (Å²) in [5.41, 5.74) is 2.12. The van der Waals surface area contributed by atoms with E-state index in [2.05, 4.69) is 13.8 Å². The van der Waals surface area contributed by atoms with Gasteiger partial charge in [0.2, 0.25) is 0 Å². The summed E-state index contributed by atoms with van der Waals surface area (Å²) in [5, 5.41) is 17.6. The number of ether oxygens (including phenoxy) is 2. The molecule has 0 spiro atoms. The molecule has 0 amide bonds. The lowest BCUT2D eigenvalue weighted by molar-refractivity contribution is 0.435. The summed E-state index contributed by atoms with van der Waals surface area (Å²) in [6.07, 6.45) is 6.84. The molecule has 4 heteroatoms. The van der Waals surface area contributed by atoms with Gasteiger partial charge in [-0.2, -0.15) is 0 Å². The predicted molar refractivity (Wildman–Crippen MR) is 95.9 cm³/mol. The number of para-hydroxylation sites is 1. The van der Waals surface area contributed by atoms with Gasteiger partial charge in [0.1, 0.15) is 11.5 Å². The molecule has 2 aromatic rings. The van der Waals surface area contributed by atoms with Crippen molar-refractivity contribution in [2.45, 2.75) is 39.0 Å². The highest BCUT2D eigenvalue weighted by Crippen LogP contribution is 2.39. The molecule has 2 aromatic carbocycles. The molecule has 4 nitrogen and oxygen atoms in total. The molecule has 0 aromatic heterocycles. The van der Waals surface area contributed by atoms with Gasteiger partial charge >= 0.3 is 0 Å². The maximum Gasteiger partial charge on any atom is 0.292 e. The summed E-state index contributed by atoms with van der Waals surface area (Å²) in [5.74, 6) is 1.60. The Morgan fingerprint density at radius 3 is 2.28 bits per heavy atom. The Hall–Kier alpha value is -2.98. The minimum Gasteiger partial charge on any atom is -0.388 e. The van der Waals surface area contributed by atoms with Crippen LogP contribution in [0, 0.1) is 29.0 Å². The van der Waals surface area contributed by atoms with Crippen LogP contribution in [0.15, 0.2) is 48.5 Å². The van der Waals surface area contributed by atoms with Crippen molar-refractivity contribution >= 4 is 0 Å². The van der Waals surface area contributed by atoms with Gasteiger partial charge in [-0.15, -0.1) is 10.5 Å². The molecule has 0 heterocycles. The van der Waals surface area contributed by atoms with Crippen molar-refractivity contribution in [1.82, 2.24) is 0 Å². The second-order valence-electron chi connectivity index (χ2n) is 6.09. The van der Waals surface area contributed by atoms with Crippen LogP contribution in [0.25, 0.3) is 0 Å². The van der Waals surface area contributed by atoms with Gasteiger partial charge in [0.25, 0.3) is 12.5 Å². The number of nitriles is 2. The zero-order valence-corrected chi connectivity index (χ0v) is 14.6. The van der Waals surface area contributed by atoms with Crippen LogP contribution in [-0.2, 0) is 0 Å². The highest BCUT2D eigenvalue weighted by molar-refractivity contribution is 5.44. The Morgan fingerprint density at radius 2 is 1.64 bits per heavy atom. The van der Waals surface area contributed by atoms with Crippen LogP contribution in [0.2, 0.25) is 0 Å². The molecule has 0 radical (unpaired) electrons. The summed E-state index contributed by atoms with van der Waals surface area (Å²) in [4.78, 5) is 0. The van der Waals surface area contributed by atoms with E-state index < -0.39 is 0 Å². The summed E-state index contributed by atoms with van der Waals surface area (Å²) in [7, 11) is 0. The summed E-state index contributed by atoms with van der Waals surface area (Å²) >= 11 is 0. The Bertz CT molecular complexity index is 757. The molecule has 2 atom stereocenters. The summed E-state index contributed by atoms with van der Waals surface area (Å²) in [6, 6.07) is 15.2. The van der Waals surface area contributed by atoms with Crippen molar-refractivity contribution in [1.29, 1.82) is 10.5 Å². The first-order chi connectivity index (χ1) is 12.2. The number of nitrogens with zero attached hydrogens (tertiary/aromatic N) is 2. The predicted octanol–water partition coefficient (Wildman–Crippen LogP) is 5.36. The molecule has 0 saturated carbocycles. The molecular weight excluding hydrogens is 312 g/mol. The van der Waals surface area contributed by atoms with Crippen molar-refractivity contribution in [2.24, 2.45) is 5.92 Å². The third-order valence-corrected chi connectivity index (χ3v) is 4.39. The maximum atomic E-state index is 8.95. The average Bonchev–Trinajstić information content (AvgIpc) is 2.63. The number of hydrogen-bond donors (Lipinski definition) is 0.